The maximum atomic E-state index is 13.1. The Hall–Kier alpha value is -2.90. The first-order valence-electron chi connectivity index (χ1n) is 11.6. The van der Waals surface area contributed by atoms with Crippen molar-refractivity contribution >= 4 is 68.5 Å². The fourth-order valence-corrected chi connectivity index (χ4v) is 5.98. The van der Waals surface area contributed by atoms with Gasteiger partial charge in [0.15, 0.2) is 0 Å². The van der Waals surface area contributed by atoms with Crippen LogP contribution in [0.4, 0.5) is 0 Å². The maximum Gasteiger partial charge on any atom is 0.328 e. The van der Waals surface area contributed by atoms with E-state index in [1.165, 1.54) is 6.07 Å². The normalized spacial score (nSPS) is 16.7. The van der Waals surface area contributed by atoms with Gasteiger partial charge in [0, 0.05) is 23.7 Å². The number of nitrogens with zero attached hydrogens (tertiary/aromatic N) is 3. The highest BCUT2D eigenvalue weighted by Gasteiger charge is 2.36. The minimum absolute atomic E-state index is 0.0400. The summed E-state index contributed by atoms with van der Waals surface area (Å²) in [7, 11) is -3.67. The van der Waals surface area contributed by atoms with Crippen molar-refractivity contribution in [2.24, 2.45) is 0 Å². The van der Waals surface area contributed by atoms with Crippen LogP contribution >= 0.6 is 34.8 Å². The molecule has 0 spiro atoms. The van der Waals surface area contributed by atoms with Crippen molar-refractivity contribution in [3.05, 3.63) is 67.7 Å². The van der Waals surface area contributed by atoms with Gasteiger partial charge in [-0.05, 0) is 47.9 Å². The van der Waals surface area contributed by atoms with E-state index in [1.807, 2.05) is 0 Å². The first kappa shape index (κ1) is 29.1. The number of carboxylic acid groups (broad SMARTS) is 1. The molecular formula is C24H23Cl3N4O7S. The van der Waals surface area contributed by atoms with E-state index >= 15 is 0 Å². The van der Waals surface area contributed by atoms with E-state index in [0.717, 1.165) is 15.5 Å². The van der Waals surface area contributed by atoms with Crippen LogP contribution < -0.4 is 5.32 Å². The topological polar surface area (TPSA) is 144 Å². The molecule has 11 nitrogen and oxygen atoms in total. The molecule has 2 aromatic rings. The van der Waals surface area contributed by atoms with Gasteiger partial charge in [0.25, 0.3) is 11.8 Å². The standard InChI is InChI=1S/C24H23Cl3N4O7S/c1-39(37,38)31-11-19(32)30(12-31)10-18(24(35)36)28-22(33)20-17(26)8-14-9-29(7-6-16(14)21(20)27)23(34)13-2-4-15(25)5-3-13/h2-5,8,18H,6-7,9-12H2,1H3,(H,28,33)(H,35,36). The van der Waals surface area contributed by atoms with Crippen LogP contribution in [0.15, 0.2) is 30.3 Å². The zero-order valence-electron chi connectivity index (χ0n) is 20.5. The zero-order chi connectivity index (χ0) is 28.6. The Bertz CT molecular complexity index is 1470. The second-order valence-electron chi connectivity index (χ2n) is 9.16. The van der Waals surface area contributed by atoms with E-state index in [1.54, 1.807) is 29.2 Å². The average Bonchev–Trinajstić information content (AvgIpc) is 3.24. The highest BCUT2D eigenvalue weighted by Crippen LogP contribution is 2.35. The van der Waals surface area contributed by atoms with E-state index in [-0.39, 0.29) is 34.7 Å². The molecule has 1 unspecified atom stereocenters. The Morgan fingerprint density at radius 1 is 1.10 bits per heavy atom. The first-order valence-corrected chi connectivity index (χ1v) is 14.6. The monoisotopic (exact) mass is 616 g/mol. The lowest BCUT2D eigenvalue weighted by molar-refractivity contribution is -0.140. The molecule has 1 saturated heterocycles. The largest absolute Gasteiger partial charge is 0.480 e. The van der Waals surface area contributed by atoms with Crippen molar-refractivity contribution in [2.45, 2.75) is 19.0 Å². The van der Waals surface area contributed by atoms with Crippen LogP contribution in [-0.2, 0) is 32.6 Å². The summed E-state index contributed by atoms with van der Waals surface area (Å²) in [6.45, 7) is -0.692. The van der Waals surface area contributed by atoms with Crippen molar-refractivity contribution in [2.75, 3.05) is 32.6 Å². The predicted molar refractivity (Wildman–Crippen MR) is 143 cm³/mol. The van der Waals surface area contributed by atoms with Crippen molar-refractivity contribution in [3.63, 3.8) is 0 Å². The van der Waals surface area contributed by atoms with Crippen LogP contribution in [0.2, 0.25) is 15.1 Å². The van der Waals surface area contributed by atoms with E-state index in [0.29, 0.717) is 34.7 Å². The van der Waals surface area contributed by atoms with Gasteiger partial charge in [-0.25, -0.2) is 13.2 Å². The Balaban J connectivity index is 1.50. The molecule has 2 N–H and O–H groups in total. The molecule has 208 valence electrons. The number of carboxylic acids is 1. The van der Waals surface area contributed by atoms with Crippen LogP contribution in [0, 0.1) is 0 Å². The summed E-state index contributed by atoms with van der Waals surface area (Å²) in [4.78, 5) is 52.8. The molecular weight excluding hydrogens is 595 g/mol. The van der Waals surface area contributed by atoms with E-state index < -0.39 is 46.9 Å². The highest BCUT2D eigenvalue weighted by molar-refractivity contribution is 7.88. The van der Waals surface area contributed by atoms with Gasteiger partial charge in [0.05, 0.1) is 41.6 Å². The summed E-state index contributed by atoms with van der Waals surface area (Å²) in [6, 6.07) is 6.45. The van der Waals surface area contributed by atoms with Crippen molar-refractivity contribution in [1.82, 2.24) is 19.4 Å². The van der Waals surface area contributed by atoms with Crippen molar-refractivity contribution in [1.29, 1.82) is 0 Å². The third kappa shape index (κ3) is 6.30. The van der Waals surface area contributed by atoms with Crippen molar-refractivity contribution in [3.8, 4) is 0 Å². The number of rotatable bonds is 7. The number of sulfonamides is 1. The summed E-state index contributed by atoms with van der Waals surface area (Å²) < 4.78 is 24.4. The molecule has 2 aliphatic rings. The molecule has 2 aliphatic heterocycles. The van der Waals surface area contributed by atoms with Gasteiger partial charge < -0.3 is 20.2 Å². The molecule has 0 aromatic heterocycles. The van der Waals surface area contributed by atoms with Crippen LogP contribution in [0.5, 0.6) is 0 Å². The lowest BCUT2D eigenvalue weighted by Gasteiger charge is -2.30. The number of hydrogen-bond acceptors (Lipinski definition) is 6. The number of benzene rings is 2. The highest BCUT2D eigenvalue weighted by atomic mass is 35.5. The third-order valence-electron chi connectivity index (χ3n) is 6.48. The minimum atomic E-state index is -3.67. The number of carbonyl (C=O) groups excluding carboxylic acids is 3. The van der Waals surface area contributed by atoms with Gasteiger partial charge in [-0.2, -0.15) is 4.31 Å². The second-order valence-corrected chi connectivity index (χ2v) is 12.4. The smallest absolute Gasteiger partial charge is 0.328 e. The molecule has 0 bridgehead atoms. The van der Waals surface area contributed by atoms with Gasteiger partial charge in [0.1, 0.15) is 6.04 Å². The molecule has 0 saturated carbocycles. The van der Waals surface area contributed by atoms with Gasteiger partial charge in [0.2, 0.25) is 15.9 Å². The quantitative estimate of drug-likeness (QED) is 0.484. The molecule has 0 aliphatic carbocycles. The zero-order valence-corrected chi connectivity index (χ0v) is 23.6. The summed E-state index contributed by atoms with van der Waals surface area (Å²) >= 11 is 18.9. The summed E-state index contributed by atoms with van der Waals surface area (Å²) in [5.41, 5.74) is 1.59. The van der Waals surface area contributed by atoms with Crippen LogP contribution in [0.1, 0.15) is 31.8 Å². The Morgan fingerprint density at radius 2 is 1.77 bits per heavy atom. The summed E-state index contributed by atoms with van der Waals surface area (Å²) in [5, 5.41) is 12.5. The lowest BCUT2D eigenvalue weighted by Crippen LogP contribution is -2.49. The number of halogens is 3. The fourth-order valence-electron chi connectivity index (χ4n) is 4.40. The van der Waals surface area contributed by atoms with Crippen LogP contribution in [-0.4, -0.2) is 89.9 Å². The van der Waals surface area contributed by atoms with E-state index in [4.69, 9.17) is 34.8 Å². The van der Waals surface area contributed by atoms with Gasteiger partial charge >= 0.3 is 5.97 Å². The lowest BCUT2D eigenvalue weighted by atomic mass is 9.96. The molecule has 1 fully saturated rings. The number of hydrogen-bond donors (Lipinski definition) is 2. The minimum Gasteiger partial charge on any atom is -0.480 e. The molecule has 39 heavy (non-hydrogen) atoms. The van der Waals surface area contributed by atoms with Gasteiger partial charge in [-0.3, -0.25) is 14.4 Å². The Kier molecular flexibility index (Phi) is 8.43. The molecule has 15 heteroatoms. The molecule has 2 aromatic carbocycles. The fraction of sp³-hybridized carbons (Fsp3) is 0.333. The number of aliphatic carboxylic acids is 1. The number of nitrogens with one attached hydrogen (secondary N) is 1. The predicted octanol–water partition coefficient (Wildman–Crippen LogP) is 2.09. The van der Waals surface area contributed by atoms with Crippen molar-refractivity contribution < 1.29 is 32.7 Å². The summed E-state index contributed by atoms with van der Waals surface area (Å²) in [6.07, 6.45) is 1.27. The molecule has 0 radical (unpaired) electrons. The maximum absolute atomic E-state index is 13.1. The molecule has 1 atom stereocenters. The molecule has 2 heterocycles. The third-order valence-corrected chi connectivity index (χ3v) is 8.63. The Labute approximate surface area is 239 Å². The average molecular weight is 618 g/mol. The van der Waals surface area contributed by atoms with Crippen LogP contribution in [0.25, 0.3) is 0 Å². The molecule has 3 amide bonds. The Morgan fingerprint density at radius 3 is 2.36 bits per heavy atom. The second kappa shape index (κ2) is 11.3. The van der Waals surface area contributed by atoms with E-state index in [9.17, 15) is 32.7 Å². The SMILES string of the molecule is CS(=O)(=O)N1CC(=O)N(CC(NC(=O)c2c(Cl)cc3c(c2Cl)CCN(C(=O)c2ccc(Cl)cc2)C3)C(=O)O)C1. The summed E-state index contributed by atoms with van der Waals surface area (Å²) in [5.74, 6) is -3.10. The molecule has 4 rings (SSSR count). The van der Waals surface area contributed by atoms with Crippen LogP contribution in [0.3, 0.4) is 0 Å². The first-order chi connectivity index (χ1) is 18.3. The number of fused-ring (bicyclic) bond motifs is 1. The van der Waals surface area contributed by atoms with E-state index in [2.05, 4.69) is 5.32 Å². The number of amides is 3. The van der Waals surface area contributed by atoms with Gasteiger partial charge in [-0.15, -0.1) is 0 Å². The number of carbonyl (C=O) groups is 4. The van der Waals surface area contributed by atoms with Gasteiger partial charge in [-0.1, -0.05) is 34.8 Å².